The number of carbonyl (C=O) groups is 1. The normalized spacial score (nSPS) is 55.0. The maximum atomic E-state index is 11.1. The highest BCUT2D eigenvalue weighted by Crippen LogP contribution is 2.55. The number of hydrogen-bond donors (Lipinski definition) is 0. The van der Waals surface area contributed by atoms with Crippen LogP contribution in [0.2, 0.25) is 0 Å². The molecule has 0 heterocycles. The Labute approximate surface area is 60.1 Å². The lowest BCUT2D eigenvalue weighted by Gasteiger charge is -2.35. The zero-order valence-electron chi connectivity index (χ0n) is 5.79. The van der Waals surface area contributed by atoms with Gasteiger partial charge in [0, 0.05) is 12.3 Å². The summed E-state index contributed by atoms with van der Waals surface area (Å²) in [6.45, 7) is 0. The van der Waals surface area contributed by atoms with E-state index in [0.29, 0.717) is 17.6 Å². The second-order valence-corrected chi connectivity index (χ2v) is 3.81. The van der Waals surface area contributed by atoms with Crippen LogP contribution in [0, 0.1) is 23.7 Å². The molecule has 0 unspecified atom stereocenters. The smallest absolute Gasteiger partial charge is 0.137 e. The summed E-state index contributed by atoms with van der Waals surface area (Å²) < 4.78 is 0. The van der Waals surface area contributed by atoms with Gasteiger partial charge in [0.1, 0.15) is 5.78 Å². The van der Waals surface area contributed by atoms with Crippen LogP contribution in [0.5, 0.6) is 0 Å². The van der Waals surface area contributed by atoms with Crippen molar-refractivity contribution in [3.8, 4) is 0 Å². The summed E-state index contributed by atoms with van der Waals surface area (Å²) in [6.07, 6.45) is 6.73. The van der Waals surface area contributed by atoms with Gasteiger partial charge < -0.3 is 0 Å². The third-order valence-corrected chi connectivity index (χ3v) is 3.43. The molecule has 2 bridgehead atoms. The van der Waals surface area contributed by atoms with E-state index in [1.807, 2.05) is 0 Å². The standard InChI is InChI=1S/C9H10O/c10-8-4-7-5-1-2-6(3-5)9(7)8/h1-2,5-7,9H,3-4H2/t5-,6+,7+,9-/m1/s1. The van der Waals surface area contributed by atoms with Crippen molar-refractivity contribution >= 4 is 5.78 Å². The second-order valence-electron chi connectivity index (χ2n) is 3.81. The number of ketones is 1. The van der Waals surface area contributed by atoms with Gasteiger partial charge >= 0.3 is 0 Å². The number of fused-ring (bicyclic) bond motifs is 5. The average Bonchev–Trinajstić information content (AvgIpc) is 2.40. The van der Waals surface area contributed by atoms with E-state index in [4.69, 9.17) is 0 Å². The molecule has 52 valence electrons. The molecule has 3 aliphatic rings. The van der Waals surface area contributed by atoms with Gasteiger partial charge in [0.2, 0.25) is 0 Å². The molecule has 1 nitrogen and oxygen atoms in total. The molecule has 0 radical (unpaired) electrons. The largest absolute Gasteiger partial charge is 0.299 e. The first-order valence-electron chi connectivity index (χ1n) is 4.07. The molecule has 0 saturated heterocycles. The van der Waals surface area contributed by atoms with Gasteiger partial charge in [0.15, 0.2) is 0 Å². The number of allylic oxidation sites excluding steroid dienone is 2. The molecule has 0 aromatic rings. The predicted octanol–water partition coefficient (Wildman–Crippen LogP) is 1.40. The van der Waals surface area contributed by atoms with E-state index in [1.54, 1.807) is 0 Å². The maximum Gasteiger partial charge on any atom is 0.137 e. The van der Waals surface area contributed by atoms with E-state index in [9.17, 15) is 4.79 Å². The summed E-state index contributed by atoms with van der Waals surface area (Å²) in [5.41, 5.74) is 0. The summed E-state index contributed by atoms with van der Waals surface area (Å²) in [7, 11) is 0. The molecule has 10 heavy (non-hydrogen) atoms. The molecule has 0 aliphatic heterocycles. The molecule has 0 spiro atoms. The molecule has 4 atom stereocenters. The predicted molar refractivity (Wildman–Crippen MR) is 37.3 cm³/mol. The van der Waals surface area contributed by atoms with Gasteiger partial charge in [-0.3, -0.25) is 4.79 Å². The zero-order valence-corrected chi connectivity index (χ0v) is 5.79. The van der Waals surface area contributed by atoms with Crippen molar-refractivity contribution in [2.24, 2.45) is 23.7 Å². The van der Waals surface area contributed by atoms with Gasteiger partial charge in [0.05, 0.1) is 0 Å². The molecule has 0 amide bonds. The number of hydrogen-bond acceptors (Lipinski definition) is 1. The highest BCUT2D eigenvalue weighted by molar-refractivity contribution is 5.89. The van der Waals surface area contributed by atoms with Gasteiger partial charge in [-0.25, -0.2) is 0 Å². The molecular formula is C9H10O. The first-order valence-corrected chi connectivity index (χ1v) is 4.07. The fraction of sp³-hybridized carbons (Fsp3) is 0.667. The Bertz CT molecular complexity index is 229. The molecule has 0 aromatic heterocycles. The van der Waals surface area contributed by atoms with Gasteiger partial charge in [-0.05, 0) is 24.2 Å². The van der Waals surface area contributed by atoms with E-state index in [1.165, 1.54) is 6.42 Å². The Hall–Kier alpha value is -0.590. The van der Waals surface area contributed by atoms with E-state index < -0.39 is 0 Å². The van der Waals surface area contributed by atoms with Crippen LogP contribution in [-0.4, -0.2) is 5.78 Å². The van der Waals surface area contributed by atoms with Crippen molar-refractivity contribution in [1.29, 1.82) is 0 Å². The molecule has 2 saturated carbocycles. The second kappa shape index (κ2) is 1.36. The van der Waals surface area contributed by atoms with Crippen LogP contribution in [0.25, 0.3) is 0 Å². The minimum Gasteiger partial charge on any atom is -0.299 e. The van der Waals surface area contributed by atoms with Gasteiger partial charge in [-0.15, -0.1) is 0 Å². The Morgan fingerprint density at radius 3 is 2.70 bits per heavy atom. The highest BCUT2D eigenvalue weighted by atomic mass is 16.1. The summed E-state index contributed by atoms with van der Waals surface area (Å²) in [6, 6.07) is 0. The molecular weight excluding hydrogens is 124 g/mol. The molecule has 0 aromatic carbocycles. The Morgan fingerprint density at radius 2 is 2.10 bits per heavy atom. The Kier molecular flexibility index (Phi) is 0.697. The third-order valence-electron chi connectivity index (χ3n) is 3.43. The summed E-state index contributed by atoms with van der Waals surface area (Å²) in [5, 5.41) is 0. The number of Topliss-reactive ketones (excluding diaryl/α,β-unsaturated/α-hetero) is 1. The van der Waals surface area contributed by atoms with Crippen LogP contribution in [0.15, 0.2) is 12.2 Å². The summed E-state index contributed by atoms with van der Waals surface area (Å²) in [4.78, 5) is 11.1. The molecule has 1 heteroatoms. The molecule has 3 rings (SSSR count). The van der Waals surface area contributed by atoms with Crippen LogP contribution in [0.4, 0.5) is 0 Å². The van der Waals surface area contributed by atoms with Crippen LogP contribution in [0.1, 0.15) is 12.8 Å². The van der Waals surface area contributed by atoms with Crippen LogP contribution >= 0.6 is 0 Å². The average molecular weight is 134 g/mol. The van der Waals surface area contributed by atoms with Gasteiger partial charge in [-0.1, -0.05) is 12.2 Å². The first-order chi connectivity index (χ1) is 4.86. The fourth-order valence-corrected chi connectivity index (χ4v) is 2.89. The van der Waals surface area contributed by atoms with Crippen molar-refractivity contribution in [3.63, 3.8) is 0 Å². The first kappa shape index (κ1) is 5.11. The molecule has 0 N–H and O–H groups in total. The van der Waals surface area contributed by atoms with Gasteiger partial charge in [-0.2, -0.15) is 0 Å². The van der Waals surface area contributed by atoms with Crippen molar-refractivity contribution in [2.75, 3.05) is 0 Å². The Morgan fingerprint density at radius 1 is 1.30 bits per heavy atom. The van der Waals surface area contributed by atoms with Crippen molar-refractivity contribution in [2.45, 2.75) is 12.8 Å². The lowest BCUT2D eigenvalue weighted by molar-refractivity contribution is -0.134. The molecule has 3 aliphatic carbocycles. The number of rotatable bonds is 0. The fourth-order valence-electron chi connectivity index (χ4n) is 2.89. The van der Waals surface area contributed by atoms with Gasteiger partial charge in [0.25, 0.3) is 0 Å². The van der Waals surface area contributed by atoms with Crippen molar-refractivity contribution < 1.29 is 4.79 Å². The van der Waals surface area contributed by atoms with E-state index in [-0.39, 0.29) is 0 Å². The summed E-state index contributed by atoms with van der Waals surface area (Å²) >= 11 is 0. The zero-order chi connectivity index (χ0) is 6.72. The van der Waals surface area contributed by atoms with Crippen molar-refractivity contribution in [1.82, 2.24) is 0 Å². The lowest BCUT2D eigenvalue weighted by Crippen LogP contribution is -2.39. The highest BCUT2D eigenvalue weighted by Gasteiger charge is 2.54. The van der Waals surface area contributed by atoms with E-state index >= 15 is 0 Å². The molecule has 2 fully saturated rings. The monoisotopic (exact) mass is 134 g/mol. The van der Waals surface area contributed by atoms with Crippen LogP contribution in [-0.2, 0) is 4.79 Å². The minimum absolute atomic E-state index is 0.468. The maximum absolute atomic E-state index is 11.1. The Balaban J connectivity index is 2.03. The van der Waals surface area contributed by atoms with E-state index in [0.717, 1.165) is 18.3 Å². The SMILES string of the molecule is O=C1C[C@@H]2[C@H]1[C@H]1C=C[C@@H]2C1. The minimum atomic E-state index is 0.468. The van der Waals surface area contributed by atoms with E-state index in [2.05, 4.69) is 12.2 Å². The van der Waals surface area contributed by atoms with Crippen molar-refractivity contribution in [3.05, 3.63) is 12.2 Å². The third kappa shape index (κ3) is 0.377. The quantitative estimate of drug-likeness (QED) is 0.458. The topological polar surface area (TPSA) is 17.1 Å². The summed E-state index contributed by atoms with van der Waals surface area (Å²) in [5.74, 6) is 3.20. The van der Waals surface area contributed by atoms with Crippen LogP contribution < -0.4 is 0 Å². The lowest BCUT2D eigenvalue weighted by atomic mass is 9.67. The number of carbonyl (C=O) groups excluding carboxylic acids is 1. The van der Waals surface area contributed by atoms with Crippen LogP contribution in [0.3, 0.4) is 0 Å².